The molecule has 1 aromatic carbocycles. The molecule has 0 saturated carbocycles. The summed E-state index contributed by atoms with van der Waals surface area (Å²) in [5.74, 6) is 0. The molecule has 0 amide bonds. The lowest BCUT2D eigenvalue weighted by Gasteiger charge is -2.35. The van der Waals surface area contributed by atoms with E-state index in [1.165, 1.54) is 18.4 Å². The van der Waals surface area contributed by atoms with Crippen molar-refractivity contribution in [1.29, 1.82) is 0 Å². The van der Waals surface area contributed by atoms with Gasteiger partial charge in [0.2, 0.25) is 10.0 Å². The summed E-state index contributed by atoms with van der Waals surface area (Å²) in [7, 11) is -0.399. The molecule has 1 aliphatic heterocycles. The topological polar surface area (TPSA) is 55.9 Å². The van der Waals surface area contributed by atoms with Crippen molar-refractivity contribution in [3.05, 3.63) is 24.3 Å². The van der Waals surface area contributed by atoms with Gasteiger partial charge in [0, 0.05) is 46.0 Å². The van der Waals surface area contributed by atoms with Gasteiger partial charge in [-0.3, -0.25) is 0 Å². The summed E-state index contributed by atoms with van der Waals surface area (Å²) < 4.78 is 25.6. The van der Waals surface area contributed by atoms with Gasteiger partial charge in [-0.05, 0) is 37.0 Å². The molecule has 1 heterocycles. The van der Waals surface area contributed by atoms with Crippen molar-refractivity contribution in [1.82, 2.24) is 14.1 Å². The van der Waals surface area contributed by atoms with Gasteiger partial charge in [-0.15, -0.1) is 0 Å². The lowest BCUT2D eigenvalue weighted by Crippen LogP contribution is -2.49. The molecule has 1 N–H and O–H groups in total. The minimum atomic E-state index is -3.44. The highest BCUT2D eigenvalue weighted by molar-refractivity contribution is 7.89. The minimum absolute atomic E-state index is 0.256. The van der Waals surface area contributed by atoms with Gasteiger partial charge < -0.3 is 15.1 Å². The lowest BCUT2D eigenvalue weighted by molar-refractivity contribution is 0.191. The predicted octanol–water partition coefficient (Wildman–Crippen LogP) is 1.27. The van der Waals surface area contributed by atoms with Gasteiger partial charge in [-0.25, -0.2) is 12.7 Å². The third kappa shape index (κ3) is 4.41. The Bertz CT molecular complexity index is 653. The maximum absolute atomic E-state index is 12.2. The summed E-state index contributed by atoms with van der Waals surface area (Å²) in [6.07, 6.45) is 0. The van der Waals surface area contributed by atoms with E-state index in [4.69, 9.17) is 12.2 Å². The van der Waals surface area contributed by atoms with Crippen LogP contribution in [0.2, 0.25) is 0 Å². The maximum Gasteiger partial charge on any atom is 0.242 e. The number of likely N-dealkylation sites (N-methyl/N-ethyl adjacent to an activating group) is 1. The second kappa shape index (κ2) is 7.57. The van der Waals surface area contributed by atoms with E-state index in [9.17, 15) is 8.42 Å². The summed E-state index contributed by atoms with van der Waals surface area (Å²) in [6.45, 7) is 6.97. The average molecular weight is 357 g/mol. The molecule has 1 aliphatic rings. The Balaban J connectivity index is 2.05. The number of benzene rings is 1. The zero-order valence-corrected chi connectivity index (χ0v) is 15.5. The third-order valence-corrected chi connectivity index (χ3v) is 6.14. The second-order valence-electron chi connectivity index (χ2n) is 5.67. The van der Waals surface area contributed by atoms with E-state index in [1.807, 2.05) is 6.07 Å². The molecule has 0 aromatic heterocycles. The van der Waals surface area contributed by atoms with Crippen molar-refractivity contribution in [2.75, 3.05) is 52.1 Å². The van der Waals surface area contributed by atoms with Crippen LogP contribution in [0.25, 0.3) is 0 Å². The molecule has 0 spiro atoms. The zero-order valence-electron chi connectivity index (χ0n) is 13.8. The fraction of sp³-hybridized carbons (Fsp3) is 0.533. The summed E-state index contributed by atoms with van der Waals surface area (Å²) in [6, 6.07) is 6.74. The number of hydrogen-bond donors (Lipinski definition) is 1. The highest BCUT2D eigenvalue weighted by Gasteiger charge is 2.19. The first-order valence-electron chi connectivity index (χ1n) is 7.65. The van der Waals surface area contributed by atoms with Gasteiger partial charge in [0.15, 0.2) is 5.11 Å². The molecule has 2 rings (SSSR count). The van der Waals surface area contributed by atoms with E-state index in [1.54, 1.807) is 18.2 Å². The first-order valence-corrected chi connectivity index (χ1v) is 9.50. The highest BCUT2D eigenvalue weighted by Crippen LogP contribution is 2.18. The van der Waals surface area contributed by atoms with Gasteiger partial charge in [-0.2, -0.15) is 0 Å². The zero-order chi connectivity index (χ0) is 17.0. The molecular formula is C15H24N4O2S2. The number of nitrogens with one attached hydrogen (secondary N) is 1. The molecule has 1 saturated heterocycles. The van der Waals surface area contributed by atoms with Crippen LogP contribution in [0.4, 0.5) is 5.69 Å². The monoisotopic (exact) mass is 356 g/mol. The third-order valence-electron chi connectivity index (χ3n) is 3.97. The molecule has 0 atom stereocenters. The van der Waals surface area contributed by atoms with Crippen LogP contribution >= 0.6 is 12.2 Å². The molecule has 1 fully saturated rings. The summed E-state index contributed by atoms with van der Waals surface area (Å²) >= 11 is 5.46. The summed E-state index contributed by atoms with van der Waals surface area (Å²) in [5.41, 5.74) is 0.691. The average Bonchev–Trinajstić information content (AvgIpc) is 2.55. The smallest absolute Gasteiger partial charge is 0.242 e. The Morgan fingerprint density at radius 2 is 1.91 bits per heavy atom. The van der Waals surface area contributed by atoms with Crippen LogP contribution in [0.1, 0.15) is 6.92 Å². The molecule has 8 heteroatoms. The molecule has 23 heavy (non-hydrogen) atoms. The first-order chi connectivity index (χ1) is 10.8. The van der Waals surface area contributed by atoms with Crippen LogP contribution in [0, 0.1) is 0 Å². The van der Waals surface area contributed by atoms with Gasteiger partial charge >= 0.3 is 0 Å². The van der Waals surface area contributed by atoms with E-state index in [0.717, 1.165) is 32.7 Å². The molecule has 128 valence electrons. The number of sulfonamides is 1. The molecule has 6 nitrogen and oxygen atoms in total. The normalized spacial score (nSPS) is 16.6. The lowest BCUT2D eigenvalue weighted by atomic mass is 10.3. The largest absolute Gasteiger partial charge is 0.346 e. The quantitative estimate of drug-likeness (QED) is 0.820. The van der Waals surface area contributed by atoms with Crippen LogP contribution < -0.4 is 5.32 Å². The Labute approximate surface area is 144 Å². The highest BCUT2D eigenvalue weighted by atomic mass is 32.2. The van der Waals surface area contributed by atoms with Crippen LogP contribution in [0.3, 0.4) is 0 Å². The summed E-state index contributed by atoms with van der Waals surface area (Å²) in [4.78, 5) is 4.75. The van der Waals surface area contributed by atoms with Crippen molar-refractivity contribution >= 4 is 33.0 Å². The number of rotatable bonds is 4. The van der Waals surface area contributed by atoms with Gasteiger partial charge in [0.05, 0.1) is 4.90 Å². The Kier molecular flexibility index (Phi) is 5.96. The molecule has 0 unspecified atom stereocenters. The molecule has 0 aliphatic carbocycles. The van der Waals surface area contributed by atoms with E-state index in [0.29, 0.717) is 10.8 Å². The van der Waals surface area contributed by atoms with Crippen LogP contribution in [0.5, 0.6) is 0 Å². The SMILES string of the molecule is CCN1CCN(C(=S)Nc2cccc(S(=O)(=O)N(C)C)c2)CC1. The standard InChI is InChI=1S/C15H24N4O2S2/c1-4-18-8-10-19(11-9-18)15(22)16-13-6-5-7-14(12-13)23(20,21)17(2)3/h5-7,12H,4,8-11H2,1-3H3,(H,16,22). The maximum atomic E-state index is 12.2. The number of anilines is 1. The number of thiocarbonyl (C=S) groups is 1. The fourth-order valence-corrected chi connectivity index (χ4v) is 3.66. The van der Waals surface area contributed by atoms with Gasteiger partial charge in [0.25, 0.3) is 0 Å². The Morgan fingerprint density at radius 3 is 2.48 bits per heavy atom. The van der Waals surface area contributed by atoms with E-state index < -0.39 is 10.0 Å². The number of piperazine rings is 1. The molecule has 1 aromatic rings. The van der Waals surface area contributed by atoms with E-state index in [2.05, 4.69) is 22.0 Å². The fourth-order valence-electron chi connectivity index (χ4n) is 2.41. The van der Waals surface area contributed by atoms with Crippen molar-refractivity contribution < 1.29 is 8.42 Å². The van der Waals surface area contributed by atoms with E-state index >= 15 is 0 Å². The molecule has 0 bridgehead atoms. The van der Waals surface area contributed by atoms with Gasteiger partial charge in [0.1, 0.15) is 0 Å². The van der Waals surface area contributed by atoms with Gasteiger partial charge in [-0.1, -0.05) is 13.0 Å². The summed E-state index contributed by atoms with van der Waals surface area (Å²) in [5, 5.41) is 3.79. The van der Waals surface area contributed by atoms with E-state index in [-0.39, 0.29) is 4.90 Å². The van der Waals surface area contributed by atoms with Crippen molar-refractivity contribution in [3.8, 4) is 0 Å². The number of nitrogens with zero attached hydrogens (tertiary/aromatic N) is 3. The second-order valence-corrected chi connectivity index (χ2v) is 8.21. The molecular weight excluding hydrogens is 332 g/mol. The van der Waals surface area contributed by atoms with Crippen molar-refractivity contribution in [2.24, 2.45) is 0 Å². The number of hydrogen-bond acceptors (Lipinski definition) is 4. The van der Waals surface area contributed by atoms with Crippen LogP contribution in [-0.2, 0) is 10.0 Å². The minimum Gasteiger partial charge on any atom is -0.346 e. The van der Waals surface area contributed by atoms with Crippen molar-refractivity contribution in [2.45, 2.75) is 11.8 Å². The first kappa shape index (κ1) is 18.1. The van der Waals surface area contributed by atoms with Crippen LogP contribution in [-0.4, -0.2) is 74.5 Å². The Morgan fingerprint density at radius 1 is 1.26 bits per heavy atom. The molecule has 0 radical (unpaired) electrons. The predicted molar refractivity (Wildman–Crippen MR) is 97.2 cm³/mol. The Hall–Kier alpha value is -1.22. The van der Waals surface area contributed by atoms with Crippen molar-refractivity contribution in [3.63, 3.8) is 0 Å². The van der Waals surface area contributed by atoms with Crippen LogP contribution in [0.15, 0.2) is 29.2 Å².